The third-order valence-electron chi connectivity index (χ3n) is 11.0. The lowest BCUT2D eigenvalue weighted by atomic mass is 9.43. The van der Waals surface area contributed by atoms with Crippen LogP contribution in [0.15, 0.2) is 60.7 Å². The Hall–Kier alpha value is -3.19. The maximum absolute atomic E-state index is 13.3. The van der Waals surface area contributed by atoms with Crippen molar-refractivity contribution in [3.63, 3.8) is 0 Å². The van der Waals surface area contributed by atoms with Crippen molar-refractivity contribution in [2.45, 2.75) is 83.0 Å². The molecule has 0 N–H and O–H groups in total. The van der Waals surface area contributed by atoms with Gasteiger partial charge in [0.05, 0.1) is 23.1 Å². The molecule has 2 aromatic carbocycles. The summed E-state index contributed by atoms with van der Waals surface area (Å²) in [5.74, 6) is -0.592. The fourth-order valence-corrected chi connectivity index (χ4v) is 8.75. The van der Waals surface area contributed by atoms with Gasteiger partial charge in [0, 0.05) is 10.8 Å². The first kappa shape index (κ1) is 28.0. The first-order chi connectivity index (χ1) is 19.6. The molecule has 2 aliphatic heterocycles. The summed E-state index contributed by atoms with van der Waals surface area (Å²) in [6, 6.07) is 18.0. The number of fused-ring (bicyclic) bond motifs is 2. The molecule has 6 rings (SSSR count). The van der Waals surface area contributed by atoms with Crippen LogP contribution in [0.3, 0.4) is 0 Å². The number of hydrogen-bond acceptors (Lipinski definition) is 7. The van der Waals surface area contributed by atoms with Gasteiger partial charge in [0.2, 0.25) is 0 Å². The maximum atomic E-state index is 13.3. The van der Waals surface area contributed by atoms with Crippen LogP contribution in [0.1, 0.15) is 86.4 Å². The van der Waals surface area contributed by atoms with Crippen molar-refractivity contribution >= 4 is 17.9 Å². The average Bonchev–Trinajstić information content (AvgIpc) is 3.55. The van der Waals surface area contributed by atoms with E-state index in [-0.39, 0.29) is 35.8 Å². The van der Waals surface area contributed by atoms with Crippen molar-refractivity contribution < 1.29 is 33.3 Å². The molecule has 2 aliphatic carbocycles. The van der Waals surface area contributed by atoms with Gasteiger partial charge in [0.1, 0.15) is 24.9 Å². The number of rotatable bonds is 5. The lowest BCUT2D eigenvalue weighted by molar-refractivity contribution is -0.265. The highest BCUT2D eigenvalue weighted by Crippen LogP contribution is 2.68. The van der Waals surface area contributed by atoms with E-state index in [1.807, 2.05) is 36.4 Å². The highest BCUT2D eigenvalue weighted by Gasteiger charge is 2.70. The Morgan fingerprint density at radius 2 is 1.54 bits per heavy atom. The van der Waals surface area contributed by atoms with Crippen molar-refractivity contribution in [2.24, 2.45) is 22.7 Å². The second kappa shape index (κ2) is 10.3. The molecule has 0 amide bonds. The highest BCUT2D eigenvalue weighted by molar-refractivity contribution is 5.90. The average molecular weight is 561 g/mol. The van der Waals surface area contributed by atoms with E-state index in [0.29, 0.717) is 36.5 Å². The van der Waals surface area contributed by atoms with Crippen LogP contribution in [0.5, 0.6) is 0 Å². The third kappa shape index (κ3) is 4.57. The maximum Gasteiger partial charge on any atom is 0.338 e. The van der Waals surface area contributed by atoms with Gasteiger partial charge in [0.15, 0.2) is 0 Å². The molecule has 41 heavy (non-hydrogen) atoms. The Balaban J connectivity index is 1.33. The molecule has 2 aromatic rings. The Bertz CT molecular complexity index is 1310. The lowest BCUT2D eigenvalue weighted by Gasteiger charge is -2.65. The largest absolute Gasteiger partial charge is 0.463 e. The molecular weight excluding hydrogens is 520 g/mol. The van der Waals surface area contributed by atoms with Crippen LogP contribution in [-0.2, 0) is 23.7 Å². The van der Waals surface area contributed by atoms with Gasteiger partial charge in [-0.25, -0.2) is 9.59 Å². The SMILES string of the molecule is C[C@@H]1CCC2[C@](C)(COC(=O)c3ccccc3)[C@@H](OC(=O)c3ccccc3)CC[C@]2(C)[C@@]12CCC1(COC(=O)C1)O2. The van der Waals surface area contributed by atoms with Gasteiger partial charge in [-0.3, -0.25) is 4.79 Å². The Kier molecular flexibility index (Phi) is 7.00. The minimum Gasteiger partial charge on any atom is -0.463 e. The van der Waals surface area contributed by atoms with E-state index in [1.54, 1.807) is 24.3 Å². The molecule has 7 heteroatoms. The number of hydrogen-bond donors (Lipinski definition) is 0. The van der Waals surface area contributed by atoms with E-state index in [1.165, 1.54) is 0 Å². The van der Waals surface area contributed by atoms with Gasteiger partial charge in [-0.2, -0.15) is 0 Å². The molecule has 218 valence electrons. The van der Waals surface area contributed by atoms with Crippen molar-refractivity contribution in [3.8, 4) is 0 Å². The Labute approximate surface area is 241 Å². The van der Waals surface area contributed by atoms with E-state index in [0.717, 1.165) is 32.1 Å². The molecule has 2 spiro atoms. The van der Waals surface area contributed by atoms with Crippen molar-refractivity contribution in [2.75, 3.05) is 13.2 Å². The van der Waals surface area contributed by atoms with E-state index >= 15 is 0 Å². The van der Waals surface area contributed by atoms with Crippen LogP contribution >= 0.6 is 0 Å². The minimum atomic E-state index is -0.643. The second-order valence-electron chi connectivity index (χ2n) is 13.2. The molecule has 4 fully saturated rings. The van der Waals surface area contributed by atoms with E-state index in [2.05, 4.69) is 20.8 Å². The monoisotopic (exact) mass is 560 g/mol. The van der Waals surface area contributed by atoms with E-state index in [9.17, 15) is 14.4 Å². The number of benzene rings is 2. The van der Waals surface area contributed by atoms with Gasteiger partial charge in [0.25, 0.3) is 0 Å². The predicted molar refractivity (Wildman–Crippen MR) is 151 cm³/mol. The molecule has 2 unspecified atom stereocenters. The van der Waals surface area contributed by atoms with Gasteiger partial charge in [-0.15, -0.1) is 0 Å². The molecule has 0 aromatic heterocycles. The molecule has 2 saturated heterocycles. The van der Waals surface area contributed by atoms with E-state index in [4.69, 9.17) is 18.9 Å². The van der Waals surface area contributed by atoms with Gasteiger partial charge < -0.3 is 18.9 Å². The zero-order chi connectivity index (χ0) is 28.9. The topological polar surface area (TPSA) is 88.1 Å². The van der Waals surface area contributed by atoms with Crippen molar-refractivity contribution in [1.29, 1.82) is 0 Å². The summed E-state index contributed by atoms with van der Waals surface area (Å²) < 4.78 is 24.8. The summed E-state index contributed by atoms with van der Waals surface area (Å²) >= 11 is 0. The molecule has 4 aliphatic rings. The van der Waals surface area contributed by atoms with Crippen LogP contribution in [-0.4, -0.2) is 48.4 Å². The fraction of sp³-hybridized carbons (Fsp3) is 0.559. The molecule has 0 radical (unpaired) electrons. The summed E-state index contributed by atoms with van der Waals surface area (Å²) in [6.45, 7) is 7.14. The number of ether oxygens (including phenoxy) is 4. The number of carbonyl (C=O) groups is 3. The summed E-state index contributed by atoms with van der Waals surface area (Å²) in [6.07, 6.45) is 4.79. The predicted octanol–water partition coefficient (Wildman–Crippen LogP) is 6.16. The van der Waals surface area contributed by atoms with Gasteiger partial charge in [-0.05, 0) is 74.6 Å². The second-order valence-corrected chi connectivity index (χ2v) is 13.2. The van der Waals surface area contributed by atoms with Crippen LogP contribution in [0.25, 0.3) is 0 Å². The first-order valence-corrected chi connectivity index (χ1v) is 14.9. The van der Waals surface area contributed by atoms with Crippen molar-refractivity contribution in [3.05, 3.63) is 71.8 Å². The standard InChI is InChI=1S/C34H40O7/c1-23-14-15-26-31(2,21-39-29(36)24-10-6-4-7-11-24)27(40-30(37)25-12-8-5-9-13-25)16-17-32(26,3)34(23)19-18-33(41-34)20-28(35)38-22-33/h4-13,23,26-27H,14-22H2,1-3H3/t23-,26?,27+,31+,32+,33?,34-/m1/s1. The van der Waals surface area contributed by atoms with Crippen LogP contribution < -0.4 is 0 Å². The molecule has 2 saturated carbocycles. The number of carbonyl (C=O) groups excluding carboxylic acids is 3. The summed E-state index contributed by atoms with van der Waals surface area (Å²) in [5, 5.41) is 0. The van der Waals surface area contributed by atoms with E-state index < -0.39 is 22.7 Å². The minimum absolute atomic E-state index is 0.0604. The fourth-order valence-electron chi connectivity index (χ4n) is 8.75. The quantitative estimate of drug-likeness (QED) is 0.320. The van der Waals surface area contributed by atoms with Gasteiger partial charge in [-0.1, -0.05) is 57.2 Å². The summed E-state index contributed by atoms with van der Waals surface area (Å²) in [5.41, 5.74) is -0.927. The van der Waals surface area contributed by atoms with Crippen LogP contribution in [0, 0.1) is 22.7 Å². The smallest absolute Gasteiger partial charge is 0.338 e. The third-order valence-corrected chi connectivity index (χ3v) is 11.0. The normalized spacial score (nSPS) is 37.9. The zero-order valence-corrected chi connectivity index (χ0v) is 24.2. The Morgan fingerprint density at radius 1 is 0.878 bits per heavy atom. The molecular formula is C34H40O7. The summed E-state index contributed by atoms with van der Waals surface area (Å²) in [4.78, 5) is 38.6. The zero-order valence-electron chi connectivity index (χ0n) is 24.2. The number of cyclic esters (lactones) is 1. The lowest BCUT2D eigenvalue weighted by Crippen LogP contribution is -2.67. The summed E-state index contributed by atoms with van der Waals surface area (Å²) in [7, 11) is 0. The molecule has 0 bridgehead atoms. The van der Waals surface area contributed by atoms with Crippen LogP contribution in [0.4, 0.5) is 0 Å². The first-order valence-electron chi connectivity index (χ1n) is 14.9. The highest BCUT2D eigenvalue weighted by atomic mass is 16.6. The number of esters is 3. The van der Waals surface area contributed by atoms with Crippen molar-refractivity contribution in [1.82, 2.24) is 0 Å². The Morgan fingerprint density at radius 3 is 2.17 bits per heavy atom. The van der Waals surface area contributed by atoms with Gasteiger partial charge >= 0.3 is 17.9 Å². The molecule has 2 heterocycles. The van der Waals surface area contributed by atoms with Crippen LogP contribution in [0.2, 0.25) is 0 Å². The molecule has 7 atom stereocenters. The molecule has 7 nitrogen and oxygen atoms in total.